The Labute approximate surface area is 121 Å². The highest BCUT2D eigenvalue weighted by Gasteiger charge is 2.05. The highest BCUT2D eigenvalue weighted by Crippen LogP contribution is 2.29. The fourth-order valence-electron chi connectivity index (χ4n) is 1.45. The Balaban J connectivity index is 2.13. The molecule has 2 aromatic carbocycles. The number of ether oxygens (including phenoxy) is 1. The Bertz CT molecular complexity index is 575. The summed E-state index contributed by atoms with van der Waals surface area (Å²) in [5.74, 6) is 0.361. The van der Waals surface area contributed by atoms with E-state index in [0.717, 1.165) is 8.95 Å². The molecular formula is C13H10Br2FNO. The molecule has 0 saturated heterocycles. The van der Waals surface area contributed by atoms with Crippen molar-refractivity contribution >= 4 is 37.5 Å². The fourth-order valence-corrected chi connectivity index (χ4v) is 2.61. The van der Waals surface area contributed by atoms with Gasteiger partial charge in [0.1, 0.15) is 18.2 Å². The zero-order chi connectivity index (χ0) is 13.1. The predicted octanol–water partition coefficient (Wildman–Crippen LogP) is 4.51. The second kappa shape index (κ2) is 5.71. The number of hydrogen-bond donors (Lipinski definition) is 1. The van der Waals surface area contributed by atoms with Gasteiger partial charge in [0, 0.05) is 15.7 Å². The van der Waals surface area contributed by atoms with Crippen molar-refractivity contribution in [3.63, 3.8) is 0 Å². The molecule has 0 aliphatic carbocycles. The van der Waals surface area contributed by atoms with Crippen molar-refractivity contribution in [1.29, 1.82) is 0 Å². The molecule has 18 heavy (non-hydrogen) atoms. The van der Waals surface area contributed by atoms with E-state index in [9.17, 15) is 4.39 Å². The van der Waals surface area contributed by atoms with Crippen LogP contribution in [0, 0.1) is 5.82 Å². The lowest BCUT2D eigenvalue weighted by atomic mass is 10.2. The lowest BCUT2D eigenvalue weighted by Crippen LogP contribution is -2.01. The highest BCUT2D eigenvalue weighted by molar-refractivity contribution is 9.11. The van der Waals surface area contributed by atoms with Gasteiger partial charge >= 0.3 is 0 Å². The molecule has 0 aromatic heterocycles. The van der Waals surface area contributed by atoms with Gasteiger partial charge in [-0.2, -0.15) is 0 Å². The summed E-state index contributed by atoms with van der Waals surface area (Å²) in [5, 5.41) is 0. The van der Waals surface area contributed by atoms with E-state index in [-0.39, 0.29) is 12.4 Å². The molecule has 0 atom stereocenters. The second-order valence-corrected chi connectivity index (χ2v) is 5.48. The molecule has 2 nitrogen and oxygen atoms in total. The van der Waals surface area contributed by atoms with E-state index in [1.54, 1.807) is 0 Å². The standard InChI is InChI=1S/C13H10Br2FNO/c14-9-1-4-13(11(15)6-9)18-7-8-5-10(16)2-3-12(8)17/h1-6H,7,17H2. The normalized spacial score (nSPS) is 10.4. The van der Waals surface area contributed by atoms with Crippen molar-refractivity contribution < 1.29 is 9.13 Å². The Kier molecular flexibility index (Phi) is 4.24. The Morgan fingerprint density at radius 3 is 2.61 bits per heavy atom. The van der Waals surface area contributed by atoms with Gasteiger partial charge in [0.15, 0.2) is 0 Å². The minimum absolute atomic E-state index is 0.226. The molecule has 5 heteroatoms. The van der Waals surface area contributed by atoms with E-state index in [2.05, 4.69) is 31.9 Å². The number of halogens is 3. The third-order valence-corrected chi connectivity index (χ3v) is 3.50. The summed E-state index contributed by atoms with van der Waals surface area (Å²) < 4.78 is 20.5. The average Bonchev–Trinajstić information content (AvgIpc) is 2.32. The van der Waals surface area contributed by atoms with Crippen LogP contribution < -0.4 is 10.5 Å². The smallest absolute Gasteiger partial charge is 0.134 e. The van der Waals surface area contributed by atoms with Gasteiger partial charge in [0.05, 0.1) is 4.47 Å². The van der Waals surface area contributed by atoms with E-state index in [1.807, 2.05) is 18.2 Å². The largest absolute Gasteiger partial charge is 0.488 e. The molecule has 2 N–H and O–H groups in total. The van der Waals surface area contributed by atoms with Crippen molar-refractivity contribution in [2.24, 2.45) is 0 Å². The molecule has 2 aromatic rings. The second-order valence-electron chi connectivity index (χ2n) is 3.71. The Hall–Kier alpha value is -1.07. The molecule has 2 rings (SSSR count). The number of benzene rings is 2. The van der Waals surface area contributed by atoms with Crippen LogP contribution in [-0.4, -0.2) is 0 Å². The summed E-state index contributed by atoms with van der Waals surface area (Å²) in [6, 6.07) is 9.81. The van der Waals surface area contributed by atoms with Crippen LogP contribution in [0.25, 0.3) is 0 Å². The number of hydrogen-bond acceptors (Lipinski definition) is 2. The van der Waals surface area contributed by atoms with Gasteiger partial charge in [-0.15, -0.1) is 0 Å². The first kappa shape index (κ1) is 13.4. The molecule has 0 fully saturated rings. The quantitative estimate of drug-likeness (QED) is 0.802. The summed E-state index contributed by atoms with van der Waals surface area (Å²) in [7, 11) is 0. The molecule has 0 aliphatic rings. The zero-order valence-corrected chi connectivity index (χ0v) is 12.5. The molecule has 0 saturated carbocycles. The summed E-state index contributed by atoms with van der Waals surface area (Å²) in [4.78, 5) is 0. The Morgan fingerprint density at radius 2 is 1.89 bits per heavy atom. The molecule has 0 aliphatic heterocycles. The van der Waals surface area contributed by atoms with E-state index < -0.39 is 0 Å². The van der Waals surface area contributed by atoms with Crippen LogP contribution in [0.3, 0.4) is 0 Å². The van der Waals surface area contributed by atoms with Gasteiger partial charge < -0.3 is 10.5 Å². The number of nitrogen functional groups attached to an aromatic ring is 1. The minimum Gasteiger partial charge on any atom is -0.488 e. The molecule has 0 spiro atoms. The predicted molar refractivity (Wildman–Crippen MR) is 77.0 cm³/mol. The first-order chi connectivity index (χ1) is 8.56. The monoisotopic (exact) mass is 373 g/mol. The van der Waals surface area contributed by atoms with E-state index in [0.29, 0.717) is 17.0 Å². The van der Waals surface area contributed by atoms with Crippen molar-refractivity contribution in [1.82, 2.24) is 0 Å². The molecule has 0 bridgehead atoms. The number of rotatable bonds is 3. The van der Waals surface area contributed by atoms with Crippen LogP contribution in [0.5, 0.6) is 5.75 Å². The van der Waals surface area contributed by atoms with Gasteiger partial charge in [-0.25, -0.2) is 4.39 Å². The summed E-state index contributed by atoms with van der Waals surface area (Å²) in [5.41, 5.74) is 6.90. The van der Waals surface area contributed by atoms with Crippen molar-refractivity contribution in [2.45, 2.75) is 6.61 Å². The topological polar surface area (TPSA) is 35.2 Å². The summed E-state index contributed by atoms with van der Waals surface area (Å²) in [6.07, 6.45) is 0. The van der Waals surface area contributed by atoms with Crippen LogP contribution in [0.15, 0.2) is 45.3 Å². The maximum atomic E-state index is 13.1. The molecule has 94 valence electrons. The van der Waals surface area contributed by atoms with Gasteiger partial charge in [-0.3, -0.25) is 0 Å². The third-order valence-electron chi connectivity index (χ3n) is 2.38. The van der Waals surface area contributed by atoms with E-state index in [4.69, 9.17) is 10.5 Å². The van der Waals surface area contributed by atoms with Crippen molar-refractivity contribution in [3.05, 3.63) is 56.7 Å². The van der Waals surface area contributed by atoms with Crippen molar-refractivity contribution in [3.8, 4) is 5.75 Å². The average molecular weight is 375 g/mol. The van der Waals surface area contributed by atoms with Gasteiger partial charge in [0.25, 0.3) is 0 Å². The third kappa shape index (κ3) is 3.23. The van der Waals surface area contributed by atoms with Crippen LogP contribution in [0.2, 0.25) is 0 Å². The van der Waals surface area contributed by atoms with Gasteiger partial charge in [-0.1, -0.05) is 15.9 Å². The zero-order valence-electron chi connectivity index (χ0n) is 9.29. The molecule has 0 radical (unpaired) electrons. The summed E-state index contributed by atoms with van der Waals surface area (Å²) in [6.45, 7) is 0.226. The lowest BCUT2D eigenvalue weighted by molar-refractivity contribution is 0.304. The maximum Gasteiger partial charge on any atom is 0.134 e. The lowest BCUT2D eigenvalue weighted by Gasteiger charge is -2.10. The van der Waals surface area contributed by atoms with Gasteiger partial charge in [0.2, 0.25) is 0 Å². The first-order valence-electron chi connectivity index (χ1n) is 5.18. The maximum absolute atomic E-state index is 13.1. The molecule has 0 unspecified atom stereocenters. The van der Waals surface area contributed by atoms with Crippen molar-refractivity contribution in [2.75, 3.05) is 5.73 Å². The highest BCUT2D eigenvalue weighted by atomic mass is 79.9. The van der Waals surface area contributed by atoms with Gasteiger partial charge in [-0.05, 0) is 52.3 Å². The number of anilines is 1. The molecule has 0 amide bonds. The Morgan fingerprint density at radius 1 is 1.11 bits per heavy atom. The van der Waals surface area contributed by atoms with Crippen LogP contribution >= 0.6 is 31.9 Å². The number of nitrogens with two attached hydrogens (primary N) is 1. The van der Waals surface area contributed by atoms with Crippen LogP contribution in [0.1, 0.15) is 5.56 Å². The molecular weight excluding hydrogens is 365 g/mol. The van der Waals surface area contributed by atoms with E-state index in [1.165, 1.54) is 18.2 Å². The summed E-state index contributed by atoms with van der Waals surface area (Å²) >= 11 is 6.75. The molecule has 0 heterocycles. The van der Waals surface area contributed by atoms with Crippen LogP contribution in [-0.2, 0) is 6.61 Å². The SMILES string of the molecule is Nc1ccc(F)cc1COc1ccc(Br)cc1Br. The minimum atomic E-state index is -0.322. The first-order valence-corrected chi connectivity index (χ1v) is 6.76. The van der Waals surface area contributed by atoms with E-state index >= 15 is 0 Å². The fraction of sp³-hybridized carbons (Fsp3) is 0.0769. The van der Waals surface area contributed by atoms with Crippen LogP contribution in [0.4, 0.5) is 10.1 Å².